The van der Waals surface area contributed by atoms with Gasteiger partial charge < -0.3 is 19.9 Å². The van der Waals surface area contributed by atoms with Gasteiger partial charge in [-0.05, 0) is 51.9 Å². The van der Waals surface area contributed by atoms with Crippen molar-refractivity contribution in [3.63, 3.8) is 0 Å². The van der Waals surface area contributed by atoms with Crippen LogP contribution in [0.3, 0.4) is 0 Å². The largest absolute Gasteiger partial charge is 0.493 e. The third kappa shape index (κ3) is 5.85. The Balaban J connectivity index is 2.62. The van der Waals surface area contributed by atoms with Crippen molar-refractivity contribution in [2.75, 3.05) is 27.4 Å². The topological polar surface area (TPSA) is 50.7 Å². The number of rotatable bonds is 9. The van der Waals surface area contributed by atoms with E-state index in [9.17, 15) is 0 Å². The van der Waals surface area contributed by atoms with Crippen LogP contribution in [0.2, 0.25) is 0 Å². The Morgan fingerprint density at radius 2 is 1.95 bits per heavy atom. The number of aliphatic hydroxyl groups excluding tert-OH is 1. The zero-order valence-electron chi connectivity index (χ0n) is 13.3. The van der Waals surface area contributed by atoms with E-state index in [1.165, 1.54) is 0 Å². The average Bonchev–Trinajstić information content (AvgIpc) is 2.44. The summed E-state index contributed by atoms with van der Waals surface area (Å²) in [5.41, 5.74) is 1.31. The second-order valence-electron chi connectivity index (χ2n) is 5.91. The maximum Gasteiger partial charge on any atom is 0.174 e. The van der Waals surface area contributed by atoms with Gasteiger partial charge in [0, 0.05) is 19.7 Å². The number of hydrogen-bond acceptors (Lipinski definition) is 4. The molecule has 0 spiro atoms. The lowest BCUT2D eigenvalue weighted by Gasteiger charge is -2.25. The molecule has 0 fully saturated rings. The minimum Gasteiger partial charge on any atom is -0.493 e. The minimum absolute atomic E-state index is 0.177. The van der Waals surface area contributed by atoms with Gasteiger partial charge in [0.15, 0.2) is 11.5 Å². The van der Waals surface area contributed by atoms with E-state index in [2.05, 4.69) is 35.1 Å². The summed E-state index contributed by atoms with van der Waals surface area (Å²) in [6.45, 7) is 6.34. The first-order chi connectivity index (χ1) is 9.93. The van der Waals surface area contributed by atoms with Crippen LogP contribution in [0.15, 0.2) is 16.6 Å². The first kappa shape index (κ1) is 18.3. The van der Waals surface area contributed by atoms with E-state index in [1.807, 2.05) is 12.1 Å². The highest BCUT2D eigenvalue weighted by molar-refractivity contribution is 9.10. The number of hydrogen-bond donors (Lipinski definition) is 2. The second-order valence-corrected chi connectivity index (χ2v) is 6.76. The standard InChI is InChI=1S/C16H26BrNO3/c1-16(2,6-5-7-19)11-18-10-12-8-13(17)15(21-4)14(9-12)20-3/h8-9,18-19H,5-7,10-11H2,1-4H3. The first-order valence-electron chi connectivity index (χ1n) is 7.15. The molecular formula is C16H26BrNO3. The molecule has 0 aromatic heterocycles. The molecule has 0 bridgehead atoms. The fourth-order valence-corrected chi connectivity index (χ4v) is 2.92. The highest BCUT2D eigenvalue weighted by atomic mass is 79.9. The van der Waals surface area contributed by atoms with E-state index in [4.69, 9.17) is 14.6 Å². The molecule has 0 unspecified atom stereocenters. The molecule has 0 aliphatic heterocycles. The normalized spacial score (nSPS) is 11.5. The highest BCUT2D eigenvalue weighted by Crippen LogP contribution is 2.36. The van der Waals surface area contributed by atoms with Gasteiger partial charge in [-0.3, -0.25) is 0 Å². The van der Waals surface area contributed by atoms with Crippen molar-refractivity contribution in [1.29, 1.82) is 0 Å². The summed E-state index contributed by atoms with van der Waals surface area (Å²) in [5.74, 6) is 1.44. The van der Waals surface area contributed by atoms with E-state index in [-0.39, 0.29) is 12.0 Å². The smallest absolute Gasteiger partial charge is 0.174 e. The summed E-state index contributed by atoms with van der Waals surface area (Å²) >= 11 is 3.50. The number of nitrogens with one attached hydrogen (secondary N) is 1. The van der Waals surface area contributed by atoms with Gasteiger partial charge in [-0.1, -0.05) is 13.8 Å². The van der Waals surface area contributed by atoms with Crippen molar-refractivity contribution < 1.29 is 14.6 Å². The molecule has 21 heavy (non-hydrogen) atoms. The molecular weight excluding hydrogens is 334 g/mol. The average molecular weight is 360 g/mol. The molecule has 1 aromatic rings. The number of aliphatic hydroxyl groups is 1. The molecule has 0 atom stereocenters. The van der Waals surface area contributed by atoms with Crippen LogP contribution in [0.25, 0.3) is 0 Å². The molecule has 1 aromatic carbocycles. The van der Waals surface area contributed by atoms with Crippen LogP contribution in [0.1, 0.15) is 32.3 Å². The lowest BCUT2D eigenvalue weighted by molar-refractivity contribution is 0.236. The fourth-order valence-electron chi connectivity index (χ4n) is 2.26. The number of methoxy groups -OCH3 is 2. The number of benzene rings is 1. The minimum atomic E-state index is 0.177. The molecule has 0 saturated carbocycles. The molecule has 120 valence electrons. The fraction of sp³-hybridized carbons (Fsp3) is 0.625. The van der Waals surface area contributed by atoms with E-state index < -0.39 is 0 Å². The van der Waals surface area contributed by atoms with Gasteiger partial charge in [-0.15, -0.1) is 0 Å². The Labute approximate surface area is 136 Å². The van der Waals surface area contributed by atoms with E-state index >= 15 is 0 Å². The van der Waals surface area contributed by atoms with Crippen LogP contribution < -0.4 is 14.8 Å². The van der Waals surface area contributed by atoms with Crippen LogP contribution in [-0.2, 0) is 6.54 Å². The molecule has 1 rings (SSSR count). The SMILES string of the molecule is COc1cc(CNCC(C)(C)CCCO)cc(Br)c1OC. The Morgan fingerprint density at radius 3 is 2.52 bits per heavy atom. The Kier molecular flexibility index (Phi) is 7.49. The summed E-state index contributed by atoms with van der Waals surface area (Å²) in [4.78, 5) is 0. The summed E-state index contributed by atoms with van der Waals surface area (Å²) < 4.78 is 11.5. The van der Waals surface area contributed by atoms with E-state index in [0.717, 1.165) is 41.7 Å². The summed E-state index contributed by atoms with van der Waals surface area (Å²) in [5, 5.41) is 12.4. The van der Waals surface area contributed by atoms with Crippen molar-refractivity contribution in [2.45, 2.75) is 33.2 Å². The van der Waals surface area contributed by atoms with Gasteiger partial charge in [-0.25, -0.2) is 0 Å². The summed E-state index contributed by atoms with van der Waals surface area (Å²) in [6, 6.07) is 4.02. The van der Waals surface area contributed by atoms with Gasteiger partial charge in [0.25, 0.3) is 0 Å². The van der Waals surface area contributed by atoms with Gasteiger partial charge in [0.1, 0.15) is 0 Å². The monoisotopic (exact) mass is 359 g/mol. The van der Waals surface area contributed by atoms with Crippen molar-refractivity contribution in [3.8, 4) is 11.5 Å². The third-order valence-electron chi connectivity index (χ3n) is 3.44. The van der Waals surface area contributed by atoms with Gasteiger partial charge in [0.05, 0.1) is 18.7 Å². The van der Waals surface area contributed by atoms with E-state index in [1.54, 1.807) is 14.2 Å². The van der Waals surface area contributed by atoms with Crippen LogP contribution >= 0.6 is 15.9 Å². The van der Waals surface area contributed by atoms with Crippen molar-refractivity contribution in [1.82, 2.24) is 5.32 Å². The van der Waals surface area contributed by atoms with Crippen molar-refractivity contribution >= 4 is 15.9 Å². The predicted molar refractivity (Wildman–Crippen MR) is 89.1 cm³/mol. The van der Waals surface area contributed by atoms with Crippen LogP contribution in [0.5, 0.6) is 11.5 Å². The first-order valence-corrected chi connectivity index (χ1v) is 7.95. The molecule has 5 heteroatoms. The Bertz CT molecular complexity index is 449. The Morgan fingerprint density at radius 1 is 1.24 bits per heavy atom. The zero-order valence-corrected chi connectivity index (χ0v) is 14.9. The van der Waals surface area contributed by atoms with Gasteiger partial charge in [0.2, 0.25) is 0 Å². The molecule has 4 nitrogen and oxygen atoms in total. The van der Waals surface area contributed by atoms with Gasteiger partial charge in [-0.2, -0.15) is 0 Å². The molecule has 0 amide bonds. The van der Waals surface area contributed by atoms with Crippen molar-refractivity contribution in [2.24, 2.45) is 5.41 Å². The second kappa shape index (κ2) is 8.61. The van der Waals surface area contributed by atoms with Crippen LogP contribution in [0, 0.1) is 5.41 Å². The number of halogens is 1. The number of ether oxygens (including phenoxy) is 2. The predicted octanol–water partition coefficient (Wildman–Crippen LogP) is 3.35. The van der Waals surface area contributed by atoms with Gasteiger partial charge >= 0.3 is 0 Å². The van der Waals surface area contributed by atoms with E-state index in [0.29, 0.717) is 5.75 Å². The zero-order chi connectivity index (χ0) is 15.9. The molecule has 0 radical (unpaired) electrons. The molecule has 0 heterocycles. The Hall–Kier alpha value is -0.780. The summed E-state index contributed by atoms with van der Waals surface area (Å²) in [6.07, 6.45) is 1.85. The molecule has 0 saturated heterocycles. The molecule has 2 N–H and O–H groups in total. The maximum absolute atomic E-state index is 8.92. The lowest BCUT2D eigenvalue weighted by atomic mass is 9.88. The van der Waals surface area contributed by atoms with Crippen LogP contribution in [0.4, 0.5) is 0 Å². The lowest BCUT2D eigenvalue weighted by Crippen LogP contribution is -2.29. The third-order valence-corrected chi connectivity index (χ3v) is 4.03. The molecule has 0 aliphatic rings. The van der Waals surface area contributed by atoms with Crippen molar-refractivity contribution in [3.05, 3.63) is 22.2 Å². The summed E-state index contributed by atoms with van der Waals surface area (Å²) in [7, 11) is 3.27. The highest BCUT2D eigenvalue weighted by Gasteiger charge is 2.17. The van der Waals surface area contributed by atoms with Crippen LogP contribution in [-0.4, -0.2) is 32.5 Å². The quantitative estimate of drug-likeness (QED) is 0.709. The maximum atomic E-state index is 8.92. The molecule has 0 aliphatic carbocycles.